The number of fused-ring (bicyclic) bond motifs is 1. The molecular weight excluding hydrogens is 417 g/mol. The van der Waals surface area contributed by atoms with Crippen LogP contribution in [0.25, 0.3) is 6.08 Å². The fraction of sp³-hybridized carbons (Fsp3) is 0.261. The molecule has 1 aliphatic heterocycles. The van der Waals surface area contributed by atoms with Crippen LogP contribution in [0.4, 0.5) is 10.2 Å². The van der Waals surface area contributed by atoms with Gasteiger partial charge in [0.1, 0.15) is 5.83 Å². The van der Waals surface area contributed by atoms with Crippen molar-refractivity contribution in [3.05, 3.63) is 71.1 Å². The second-order valence-electron chi connectivity index (χ2n) is 6.82. The number of likely N-dealkylation sites (N-methyl/N-ethyl adjacent to an activating group) is 1. The van der Waals surface area contributed by atoms with E-state index in [9.17, 15) is 14.0 Å². The first-order chi connectivity index (χ1) is 14.8. The Hall–Kier alpha value is -3.13. The summed E-state index contributed by atoms with van der Waals surface area (Å²) in [5.74, 6) is 0.678. The van der Waals surface area contributed by atoms with E-state index in [1.54, 1.807) is 43.3 Å². The van der Waals surface area contributed by atoms with Gasteiger partial charge in [0.15, 0.2) is 18.2 Å². The van der Waals surface area contributed by atoms with Crippen molar-refractivity contribution in [2.45, 2.75) is 13.8 Å². The van der Waals surface area contributed by atoms with Crippen LogP contribution in [0.5, 0.6) is 5.75 Å². The van der Waals surface area contributed by atoms with Crippen molar-refractivity contribution in [1.82, 2.24) is 9.88 Å². The van der Waals surface area contributed by atoms with E-state index in [4.69, 9.17) is 4.74 Å². The van der Waals surface area contributed by atoms with Crippen LogP contribution < -0.4 is 10.1 Å². The number of nitrogens with one attached hydrogen (secondary N) is 1. The summed E-state index contributed by atoms with van der Waals surface area (Å²) in [7, 11) is 1.71. The molecule has 0 aliphatic carbocycles. The van der Waals surface area contributed by atoms with E-state index >= 15 is 0 Å². The van der Waals surface area contributed by atoms with Gasteiger partial charge in [-0.1, -0.05) is 24.3 Å². The number of halogens is 1. The van der Waals surface area contributed by atoms with E-state index in [-0.39, 0.29) is 24.2 Å². The van der Waals surface area contributed by atoms with Crippen molar-refractivity contribution in [3.8, 4) is 5.75 Å². The first kappa shape index (κ1) is 24.1. The van der Waals surface area contributed by atoms with Gasteiger partial charge < -0.3 is 15.0 Å². The summed E-state index contributed by atoms with van der Waals surface area (Å²) in [5, 5.41) is 2.62. The average Bonchev–Trinajstić information content (AvgIpc) is 2.73. The molecule has 0 bridgehead atoms. The van der Waals surface area contributed by atoms with Crippen LogP contribution in [-0.2, 0) is 9.59 Å². The van der Waals surface area contributed by atoms with Crippen LogP contribution in [0.3, 0.4) is 0 Å². The van der Waals surface area contributed by atoms with Gasteiger partial charge in [0, 0.05) is 30.0 Å². The first-order valence-electron chi connectivity index (χ1n) is 9.61. The summed E-state index contributed by atoms with van der Waals surface area (Å²) < 4.78 is 18.8. The van der Waals surface area contributed by atoms with Crippen LogP contribution >= 0.6 is 11.8 Å². The summed E-state index contributed by atoms with van der Waals surface area (Å²) in [4.78, 5) is 30.5. The lowest BCUT2D eigenvalue weighted by molar-refractivity contribution is -0.124. The maximum absolute atomic E-state index is 13.5. The van der Waals surface area contributed by atoms with Gasteiger partial charge in [-0.25, -0.2) is 9.37 Å². The molecular formula is C23H26FN3O3S. The molecule has 6 nitrogen and oxygen atoms in total. The number of carbonyl (C=O) groups excluding carboxylic acids is 2. The average molecular weight is 444 g/mol. The van der Waals surface area contributed by atoms with Gasteiger partial charge in [0.25, 0.3) is 5.91 Å². The molecule has 0 saturated carbocycles. The lowest BCUT2D eigenvalue weighted by Gasteiger charge is -2.17. The molecule has 0 atom stereocenters. The minimum absolute atomic E-state index is 0.0562. The summed E-state index contributed by atoms with van der Waals surface area (Å²) in [6.07, 6.45) is 11.1. The van der Waals surface area contributed by atoms with Crippen molar-refractivity contribution < 1.29 is 18.7 Å². The van der Waals surface area contributed by atoms with E-state index in [1.165, 1.54) is 30.0 Å². The number of aromatic nitrogens is 1. The number of hydrogen-bond donors (Lipinski definition) is 1. The van der Waals surface area contributed by atoms with Gasteiger partial charge in [-0.15, -0.1) is 11.8 Å². The van der Waals surface area contributed by atoms with Crippen molar-refractivity contribution >= 4 is 35.5 Å². The van der Waals surface area contributed by atoms with E-state index in [0.29, 0.717) is 35.0 Å². The number of ether oxygens (including phenoxy) is 1. The highest BCUT2D eigenvalue weighted by molar-refractivity contribution is 8.03. The molecule has 2 amide bonds. The predicted octanol–water partition coefficient (Wildman–Crippen LogP) is 4.51. The Labute approximate surface area is 186 Å². The Bertz CT molecular complexity index is 967. The third-order valence-corrected chi connectivity index (χ3v) is 5.12. The highest BCUT2D eigenvalue weighted by Crippen LogP contribution is 2.26. The Morgan fingerprint density at radius 3 is 2.94 bits per heavy atom. The standard InChI is InChI=1S/C23H26FN3O3S/c1-5-19(31-10-6-7-18(24)11-16(2)3)14-27(4)22(29)9-8-17-12-20-23(25-13-17)26-21(28)15-30-20/h5-9,11-13H,2,10,14-15H2,1,3-4H3,(H,25,26,28)/b7-6-,9-8+,18-11+,19-5+. The summed E-state index contributed by atoms with van der Waals surface area (Å²) in [6, 6.07) is 1.71. The molecule has 0 unspecified atom stereocenters. The number of rotatable bonds is 9. The number of pyridine rings is 1. The fourth-order valence-corrected chi connectivity index (χ4v) is 3.35. The zero-order valence-corrected chi connectivity index (χ0v) is 18.7. The lowest BCUT2D eigenvalue weighted by Crippen LogP contribution is -2.26. The smallest absolute Gasteiger partial charge is 0.263 e. The van der Waals surface area contributed by atoms with Crippen LogP contribution in [0.1, 0.15) is 19.4 Å². The number of nitrogens with zero attached hydrogens (tertiary/aromatic N) is 2. The maximum atomic E-state index is 13.5. The maximum Gasteiger partial charge on any atom is 0.263 e. The molecule has 1 aliphatic rings. The third kappa shape index (κ3) is 8.25. The first-order valence-corrected chi connectivity index (χ1v) is 10.6. The highest BCUT2D eigenvalue weighted by atomic mass is 32.2. The SMILES string of the molecule is C=C(C)/C=C(F)\C=C/CS/C(=C/C)CN(C)C(=O)/C=C/c1cnc2c(c1)OCC(=O)N2. The summed E-state index contributed by atoms with van der Waals surface area (Å²) in [6.45, 7) is 7.66. The van der Waals surface area contributed by atoms with Crippen molar-refractivity contribution in [2.75, 3.05) is 31.3 Å². The topological polar surface area (TPSA) is 71.5 Å². The highest BCUT2D eigenvalue weighted by Gasteiger charge is 2.17. The molecule has 0 saturated heterocycles. The van der Waals surface area contributed by atoms with Gasteiger partial charge in [0.05, 0.1) is 6.54 Å². The number of allylic oxidation sites excluding steroid dienone is 5. The monoisotopic (exact) mass is 443 g/mol. The predicted molar refractivity (Wildman–Crippen MR) is 124 cm³/mol. The summed E-state index contributed by atoms with van der Waals surface area (Å²) in [5.41, 5.74) is 1.34. The van der Waals surface area contributed by atoms with E-state index < -0.39 is 0 Å². The molecule has 8 heteroatoms. The molecule has 1 aromatic heterocycles. The Morgan fingerprint density at radius 1 is 1.45 bits per heavy atom. The van der Waals surface area contributed by atoms with Crippen LogP contribution in [-0.4, -0.2) is 47.7 Å². The second-order valence-corrected chi connectivity index (χ2v) is 7.97. The van der Waals surface area contributed by atoms with E-state index in [2.05, 4.69) is 16.9 Å². The molecule has 0 aromatic carbocycles. The van der Waals surface area contributed by atoms with Gasteiger partial charge >= 0.3 is 0 Å². The van der Waals surface area contributed by atoms with Crippen LogP contribution in [0.2, 0.25) is 0 Å². The van der Waals surface area contributed by atoms with E-state index in [0.717, 1.165) is 4.91 Å². The number of carbonyl (C=O) groups is 2. The van der Waals surface area contributed by atoms with Crippen molar-refractivity contribution in [3.63, 3.8) is 0 Å². The molecule has 2 rings (SSSR count). The molecule has 164 valence electrons. The number of amides is 2. The Morgan fingerprint density at radius 2 is 2.23 bits per heavy atom. The summed E-state index contributed by atoms with van der Waals surface area (Å²) >= 11 is 1.54. The Balaban J connectivity index is 1.87. The Kier molecular flexibility index (Phi) is 9.27. The molecule has 1 aromatic rings. The fourth-order valence-electron chi connectivity index (χ4n) is 2.49. The molecule has 2 heterocycles. The third-order valence-electron chi connectivity index (χ3n) is 4.03. The van der Waals surface area contributed by atoms with Gasteiger partial charge in [-0.2, -0.15) is 0 Å². The van der Waals surface area contributed by atoms with Crippen LogP contribution in [0.15, 0.2) is 65.5 Å². The zero-order valence-electron chi connectivity index (χ0n) is 17.9. The largest absolute Gasteiger partial charge is 0.480 e. The van der Waals surface area contributed by atoms with Crippen molar-refractivity contribution in [2.24, 2.45) is 0 Å². The number of hydrogen-bond acceptors (Lipinski definition) is 5. The van der Waals surface area contributed by atoms with Crippen LogP contribution in [0, 0.1) is 0 Å². The quantitative estimate of drug-likeness (QED) is 0.449. The second kappa shape index (κ2) is 11.9. The normalized spacial score (nSPS) is 14.4. The van der Waals surface area contributed by atoms with Crippen molar-refractivity contribution in [1.29, 1.82) is 0 Å². The molecule has 31 heavy (non-hydrogen) atoms. The van der Waals surface area contributed by atoms with Gasteiger partial charge in [0.2, 0.25) is 5.91 Å². The molecule has 0 spiro atoms. The van der Waals surface area contributed by atoms with E-state index in [1.807, 2.05) is 13.0 Å². The minimum Gasteiger partial charge on any atom is -0.480 e. The molecule has 0 radical (unpaired) electrons. The minimum atomic E-state index is -0.336. The molecule has 1 N–H and O–H groups in total. The lowest BCUT2D eigenvalue weighted by atomic mass is 10.2. The molecule has 0 fully saturated rings. The van der Waals surface area contributed by atoms with Gasteiger partial charge in [-0.05, 0) is 43.7 Å². The zero-order chi connectivity index (χ0) is 22.8. The van der Waals surface area contributed by atoms with Gasteiger partial charge in [-0.3, -0.25) is 9.59 Å². The number of anilines is 1. The number of thioether (sulfide) groups is 1.